The maximum Gasteiger partial charge on any atom is 0.247 e. The number of hydrogen-bond acceptors (Lipinski definition) is 2. The van der Waals surface area contributed by atoms with E-state index in [2.05, 4.69) is 10.3 Å². The molecule has 0 spiro atoms. The molecule has 80 valence electrons. The van der Waals surface area contributed by atoms with E-state index in [1.54, 1.807) is 18.2 Å². The van der Waals surface area contributed by atoms with Gasteiger partial charge in [0, 0.05) is 5.92 Å². The van der Waals surface area contributed by atoms with Gasteiger partial charge >= 0.3 is 0 Å². The molecule has 3 nitrogen and oxygen atoms in total. The summed E-state index contributed by atoms with van der Waals surface area (Å²) in [4.78, 5) is 15.9. The predicted molar refractivity (Wildman–Crippen MR) is 52.4 cm³/mol. The molecule has 1 aromatic rings. The first-order valence-electron chi connectivity index (χ1n) is 4.81. The van der Waals surface area contributed by atoms with Crippen molar-refractivity contribution in [2.45, 2.75) is 12.3 Å². The fourth-order valence-electron chi connectivity index (χ4n) is 1.78. The van der Waals surface area contributed by atoms with Crippen LogP contribution in [0.1, 0.15) is 17.9 Å². The number of rotatable bonds is 3. The molecule has 2 atom stereocenters. The fourth-order valence-corrected chi connectivity index (χ4v) is 1.78. The Morgan fingerprint density at radius 2 is 2.27 bits per heavy atom. The van der Waals surface area contributed by atoms with Gasteiger partial charge in [0.05, 0.1) is 7.11 Å². The van der Waals surface area contributed by atoms with Crippen LogP contribution in [0.4, 0.5) is 4.39 Å². The monoisotopic (exact) mass is 209 g/mol. The van der Waals surface area contributed by atoms with Crippen LogP contribution < -0.4 is 5.48 Å². The van der Waals surface area contributed by atoms with Crippen LogP contribution in [0, 0.1) is 11.7 Å². The molecule has 1 fully saturated rings. The zero-order valence-corrected chi connectivity index (χ0v) is 8.37. The number of hydroxylamine groups is 1. The van der Waals surface area contributed by atoms with E-state index in [0.29, 0.717) is 12.0 Å². The van der Waals surface area contributed by atoms with E-state index in [1.165, 1.54) is 13.2 Å². The van der Waals surface area contributed by atoms with E-state index in [-0.39, 0.29) is 23.6 Å². The molecule has 1 saturated carbocycles. The number of carbonyl (C=O) groups is 1. The summed E-state index contributed by atoms with van der Waals surface area (Å²) in [6.07, 6.45) is 0.691. The summed E-state index contributed by atoms with van der Waals surface area (Å²) in [5.41, 5.74) is 2.88. The Hall–Kier alpha value is -1.42. The molecule has 1 aromatic carbocycles. The quantitative estimate of drug-likeness (QED) is 0.768. The Bertz CT molecular complexity index is 381. The zero-order valence-electron chi connectivity index (χ0n) is 8.37. The smallest absolute Gasteiger partial charge is 0.247 e. The van der Waals surface area contributed by atoms with Crippen LogP contribution >= 0.6 is 0 Å². The Labute approximate surface area is 87.2 Å². The Morgan fingerprint density at radius 1 is 1.53 bits per heavy atom. The van der Waals surface area contributed by atoms with Gasteiger partial charge in [-0.2, -0.15) is 0 Å². The van der Waals surface area contributed by atoms with Crippen molar-refractivity contribution in [1.82, 2.24) is 5.48 Å². The molecule has 1 amide bonds. The van der Waals surface area contributed by atoms with E-state index < -0.39 is 0 Å². The lowest BCUT2D eigenvalue weighted by atomic mass is 10.1. The standard InChI is InChI=1S/C11H12FNO2/c1-15-13-11(14)9-6-8(9)7-4-2-3-5-10(7)12/h2-5,8-9H,6H2,1H3,(H,13,14). The maximum atomic E-state index is 13.3. The van der Waals surface area contributed by atoms with Gasteiger partial charge in [-0.15, -0.1) is 0 Å². The molecule has 2 rings (SSSR count). The fraction of sp³-hybridized carbons (Fsp3) is 0.364. The maximum absolute atomic E-state index is 13.3. The van der Waals surface area contributed by atoms with Crippen LogP contribution in [0.5, 0.6) is 0 Å². The van der Waals surface area contributed by atoms with E-state index >= 15 is 0 Å². The van der Waals surface area contributed by atoms with Gasteiger partial charge < -0.3 is 0 Å². The van der Waals surface area contributed by atoms with Gasteiger partial charge in [0.2, 0.25) is 5.91 Å². The van der Waals surface area contributed by atoms with Gasteiger partial charge in [0.1, 0.15) is 5.82 Å². The van der Waals surface area contributed by atoms with Gasteiger partial charge in [-0.05, 0) is 24.0 Å². The van der Waals surface area contributed by atoms with Crippen molar-refractivity contribution in [3.63, 3.8) is 0 Å². The molecule has 4 heteroatoms. The summed E-state index contributed by atoms with van der Waals surface area (Å²) in [6.45, 7) is 0. The van der Waals surface area contributed by atoms with Crippen molar-refractivity contribution in [2.24, 2.45) is 5.92 Å². The average Bonchev–Trinajstić information content (AvgIpc) is 2.98. The number of carbonyl (C=O) groups excluding carboxylic acids is 1. The van der Waals surface area contributed by atoms with Gasteiger partial charge in [-0.3, -0.25) is 9.63 Å². The van der Waals surface area contributed by atoms with Crippen molar-refractivity contribution in [3.8, 4) is 0 Å². The van der Waals surface area contributed by atoms with Crippen LogP contribution in [0.15, 0.2) is 24.3 Å². The Balaban J connectivity index is 2.05. The molecular weight excluding hydrogens is 197 g/mol. The Morgan fingerprint density at radius 3 is 2.93 bits per heavy atom. The highest BCUT2D eigenvalue weighted by Crippen LogP contribution is 2.48. The van der Waals surface area contributed by atoms with Crippen LogP contribution in [0.3, 0.4) is 0 Å². The highest BCUT2D eigenvalue weighted by Gasteiger charge is 2.45. The summed E-state index contributed by atoms with van der Waals surface area (Å²) in [6, 6.07) is 6.56. The summed E-state index contributed by atoms with van der Waals surface area (Å²) in [7, 11) is 1.39. The summed E-state index contributed by atoms with van der Waals surface area (Å²) in [5.74, 6) is -0.566. The number of benzene rings is 1. The zero-order chi connectivity index (χ0) is 10.8. The first-order valence-corrected chi connectivity index (χ1v) is 4.81. The Kier molecular flexibility index (Phi) is 2.68. The van der Waals surface area contributed by atoms with E-state index in [1.807, 2.05) is 0 Å². The molecular formula is C11H12FNO2. The van der Waals surface area contributed by atoms with E-state index in [0.717, 1.165) is 0 Å². The molecule has 0 bridgehead atoms. The largest absolute Gasteiger partial charge is 0.277 e. The molecule has 0 radical (unpaired) electrons. The van der Waals surface area contributed by atoms with Crippen LogP contribution in [-0.2, 0) is 9.63 Å². The molecule has 1 N–H and O–H groups in total. The lowest BCUT2D eigenvalue weighted by Gasteiger charge is -2.02. The van der Waals surface area contributed by atoms with Gasteiger partial charge in [0.25, 0.3) is 0 Å². The van der Waals surface area contributed by atoms with Crippen LogP contribution in [0.2, 0.25) is 0 Å². The first-order chi connectivity index (χ1) is 7.24. The summed E-state index contributed by atoms with van der Waals surface area (Å²) in [5, 5.41) is 0. The van der Waals surface area contributed by atoms with Gasteiger partial charge in [-0.1, -0.05) is 18.2 Å². The lowest BCUT2D eigenvalue weighted by molar-refractivity contribution is -0.132. The number of hydrogen-bond donors (Lipinski definition) is 1. The average molecular weight is 209 g/mol. The second kappa shape index (κ2) is 3.98. The minimum Gasteiger partial charge on any atom is -0.277 e. The summed E-state index contributed by atoms with van der Waals surface area (Å²) < 4.78 is 13.3. The van der Waals surface area contributed by atoms with Gasteiger partial charge in [0.15, 0.2) is 0 Å². The number of amides is 1. The van der Waals surface area contributed by atoms with Gasteiger partial charge in [-0.25, -0.2) is 9.87 Å². The minimum absolute atomic E-state index is 0.00125. The molecule has 0 heterocycles. The molecule has 0 saturated heterocycles. The lowest BCUT2D eigenvalue weighted by Crippen LogP contribution is -2.23. The molecule has 1 aliphatic rings. The second-order valence-corrected chi connectivity index (χ2v) is 3.64. The topological polar surface area (TPSA) is 38.3 Å². The third kappa shape index (κ3) is 1.99. The van der Waals surface area contributed by atoms with E-state index in [4.69, 9.17) is 0 Å². The molecule has 1 aliphatic carbocycles. The minimum atomic E-state index is -0.241. The molecule has 0 aromatic heterocycles. The van der Waals surface area contributed by atoms with Crippen molar-refractivity contribution >= 4 is 5.91 Å². The summed E-state index contributed by atoms with van der Waals surface area (Å²) >= 11 is 0. The highest BCUT2D eigenvalue weighted by molar-refractivity contribution is 5.81. The van der Waals surface area contributed by atoms with Crippen molar-refractivity contribution in [3.05, 3.63) is 35.6 Å². The second-order valence-electron chi connectivity index (χ2n) is 3.64. The van der Waals surface area contributed by atoms with E-state index in [9.17, 15) is 9.18 Å². The highest BCUT2D eigenvalue weighted by atomic mass is 19.1. The first kappa shape index (κ1) is 10.1. The molecule has 0 aliphatic heterocycles. The van der Waals surface area contributed by atoms with Crippen LogP contribution in [-0.4, -0.2) is 13.0 Å². The van der Waals surface area contributed by atoms with Crippen molar-refractivity contribution < 1.29 is 14.0 Å². The number of nitrogens with one attached hydrogen (secondary N) is 1. The molecule has 15 heavy (non-hydrogen) atoms. The predicted octanol–water partition coefficient (Wildman–Crippen LogP) is 1.61. The SMILES string of the molecule is CONC(=O)C1CC1c1ccccc1F. The third-order valence-corrected chi connectivity index (χ3v) is 2.63. The molecule has 2 unspecified atom stereocenters. The number of halogens is 1. The van der Waals surface area contributed by atoms with Crippen molar-refractivity contribution in [2.75, 3.05) is 7.11 Å². The normalized spacial score (nSPS) is 23.6. The van der Waals surface area contributed by atoms with Crippen LogP contribution in [0.25, 0.3) is 0 Å². The third-order valence-electron chi connectivity index (χ3n) is 2.63. The van der Waals surface area contributed by atoms with Crippen molar-refractivity contribution in [1.29, 1.82) is 0 Å².